The number of rotatable bonds is 6. The van der Waals surface area contributed by atoms with Gasteiger partial charge in [-0.3, -0.25) is 43.7 Å². The van der Waals surface area contributed by atoms with Gasteiger partial charge in [-0.2, -0.15) is 8.42 Å². The maximum absolute atomic E-state index is 13.0. The van der Waals surface area contributed by atoms with Gasteiger partial charge < -0.3 is 0 Å². The second-order valence-corrected chi connectivity index (χ2v) is 9.30. The quantitative estimate of drug-likeness (QED) is 0.231. The summed E-state index contributed by atoms with van der Waals surface area (Å²) in [7, 11) is -4.41. The van der Waals surface area contributed by atoms with Crippen molar-refractivity contribution in [2.24, 2.45) is 0 Å². The summed E-state index contributed by atoms with van der Waals surface area (Å²) in [5, 5.41) is 14.0. The van der Waals surface area contributed by atoms with Crippen LogP contribution in [0.2, 0.25) is 0 Å². The fourth-order valence-electron chi connectivity index (χ4n) is 4.06. The highest BCUT2D eigenvalue weighted by Gasteiger charge is 2.35. The van der Waals surface area contributed by atoms with Gasteiger partial charge in [0.15, 0.2) is 0 Å². The summed E-state index contributed by atoms with van der Waals surface area (Å²) in [6, 6.07) is 10.1. The summed E-state index contributed by atoms with van der Waals surface area (Å²) in [5.74, 6) is -2.91. The first kappa shape index (κ1) is 22.3. The van der Waals surface area contributed by atoms with Crippen molar-refractivity contribution in [3.63, 3.8) is 0 Å². The Labute approximate surface area is 196 Å². The molecule has 0 bridgehead atoms. The zero-order valence-electron chi connectivity index (χ0n) is 17.5. The van der Waals surface area contributed by atoms with Crippen LogP contribution in [0.4, 0.5) is 5.69 Å². The Balaban J connectivity index is 1.39. The molecule has 0 unspecified atom stereocenters. The van der Waals surface area contributed by atoms with E-state index in [4.69, 9.17) is 4.18 Å². The van der Waals surface area contributed by atoms with Crippen LogP contribution in [0, 0.1) is 10.1 Å². The van der Waals surface area contributed by atoms with Gasteiger partial charge in [-0.15, -0.1) is 0 Å². The highest BCUT2D eigenvalue weighted by molar-refractivity contribution is 7.86. The van der Waals surface area contributed by atoms with Gasteiger partial charge in [0.2, 0.25) is 0 Å². The Morgan fingerprint density at radius 3 is 2.34 bits per heavy atom. The van der Waals surface area contributed by atoms with Gasteiger partial charge in [-0.1, -0.05) is 12.1 Å². The zero-order valence-corrected chi connectivity index (χ0v) is 18.3. The molecule has 5 rings (SSSR count). The van der Waals surface area contributed by atoms with Crippen molar-refractivity contribution in [3.8, 4) is 0 Å². The van der Waals surface area contributed by atoms with Crippen LogP contribution < -0.4 is 5.32 Å². The summed E-state index contributed by atoms with van der Waals surface area (Å²) in [4.78, 5) is 60.4. The summed E-state index contributed by atoms with van der Waals surface area (Å²) in [6.45, 7) is -1.07. The number of carbonyl (C=O) groups excluding carboxylic acids is 4. The molecule has 0 radical (unpaired) electrons. The molecule has 2 aliphatic heterocycles. The molecule has 35 heavy (non-hydrogen) atoms. The van der Waals surface area contributed by atoms with Gasteiger partial charge in [0.05, 0.1) is 39.7 Å². The largest absolute Gasteiger partial charge is 0.297 e. The zero-order chi connectivity index (χ0) is 25.1. The van der Waals surface area contributed by atoms with Gasteiger partial charge in [-0.05, 0) is 29.7 Å². The molecule has 0 atom stereocenters. The molecule has 176 valence electrons. The number of hydrogen-bond acceptors (Lipinski definition) is 9. The van der Waals surface area contributed by atoms with E-state index in [0.29, 0.717) is 5.39 Å². The molecular weight excluding hydrogens is 482 g/mol. The number of imide groups is 2. The Morgan fingerprint density at radius 2 is 1.60 bits per heavy atom. The monoisotopic (exact) mass is 495 g/mol. The second-order valence-electron chi connectivity index (χ2n) is 7.68. The molecular formula is C22H13N3O9S. The molecule has 0 saturated heterocycles. The Morgan fingerprint density at radius 1 is 0.886 bits per heavy atom. The lowest BCUT2D eigenvalue weighted by Crippen LogP contribution is -2.42. The van der Waals surface area contributed by atoms with Crippen molar-refractivity contribution >= 4 is 50.2 Å². The first-order chi connectivity index (χ1) is 16.6. The van der Waals surface area contributed by atoms with Crippen LogP contribution in [0.15, 0.2) is 53.4 Å². The first-order valence-corrected chi connectivity index (χ1v) is 11.5. The number of amides is 4. The van der Waals surface area contributed by atoms with Gasteiger partial charge in [0, 0.05) is 23.1 Å². The lowest BCUT2D eigenvalue weighted by atomic mass is 9.93. The summed E-state index contributed by atoms with van der Waals surface area (Å²) < 4.78 is 30.2. The molecule has 1 N–H and O–H groups in total. The predicted molar refractivity (Wildman–Crippen MR) is 117 cm³/mol. The van der Waals surface area contributed by atoms with Crippen LogP contribution in [-0.4, -0.2) is 55.0 Å². The maximum atomic E-state index is 13.0. The average molecular weight is 495 g/mol. The lowest BCUT2D eigenvalue weighted by molar-refractivity contribution is -0.384. The normalized spacial score (nSPS) is 14.9. The topological polar surface area (TPSA) is 170 Å². The number of fused-ring (bicyclic) bond motifs is 1. The van der Waals surface area contributed by atoms with Crippen molar-refractivity contribution in [2.45, 2.75) is 4.90 Å². The van der Waals surface area contributed by atoms with E-state index >= 15 is 0 Å². The molecule has 3 aromatic rings. The standard InChI is InChI=1S/C22H13N3O9S/c26-19-14-5-4-13(10-16(14)20(27)23-19)35(32,33)34-7-6-24-21(28)15-3-1-2-11-8-12(25(30)31)9-17(18(11)15)22(24)29/h1-5,8-10H,6-7H2,(H,23,26,27). The van der Waals surface area contributed by atoms with Crippen LogP contribution >= 0.6 is 0 Å². The Hall–Kier alpha value is -4.49. The number of nitrogens with zero attached hydrogens (tertiary/aromatic N) is 2. The van der Waals surface area contributed by atoms with Crippen molar-refractivity contribution < 1.29 is 36.7 Å². The van der Waals surface area contributed by atoms with Gasteiger partial charge in [0.25, 0.3) is 39.4 Å². The minimum absolute atomic E-state index is 0.0281. The molecule has 3 aromatic carbocycles. The van der Waals surface area contributed by atoms with E-state index in [1.54, 1.807) is 6.07 Å². The molecule has 0 aromatic heterocycles. The molecule has 12 nitrogen and oxygen atoms in total. The van der Waals surface area contributed by atoms with Crippen LogP contribution in [0.5, 0.6) is 0 Å². The number of nitro groups is 1. The third kappa shape index (κ3) is 3.53. The number of non-ortho nitro benzene ring substituents is 1. The molecule has 13 heteroatoms. The van der Waals surface area contributed by atoms with E-state index in [9.17, 15) is 37.7 Å². The highest BCUT2D eigenvalue weighted by Crippen LogP contribution is 2.33. The highest BCUT2D eigenvalue weighted by atomic mass is 32.2. The molecule has 0 fully saturated rings. The average Bonchev–Trinajstić information content (AvgIpc) is 3.11. The van der Waals surface area contributed by atoms with Crippen LogP contribution in [0.3, 0.4) is 0 Å². The number of benzene rings is 3. The molecule has 4 amide bonds. The van der Waals surface area contributed by atoms with Gasteiger partial charge in [0.1, 0.15) is 0 Å². The van der Waals surface area contributed by atoms with Crippen molar-refractivity contribution in [2.75, 3.05) is 13.2 Å². The number of nitro benzene ring substituents is 1. The Bertz CT molecular complexity index is 1630. The summed E-state index contributed by atoms with van der Waals surface area (Å²) in [5.41, 5.74) is -0.330. The third-order valence-corrected chi connectivity index (χ3v) is 6.98. The molecule has 0 aliphatic carbocycles. The van der Waals surface area contributed by atoms with E-state index in [1.807, 2.05) is 5.32 Å². The van der Waals surface area contributed by atoms with Gasteiger partial charge in [-0.25, -0.2) is 0 Å². The first-order valence-electron chi connectivity index (χ1n) is 10.0. The van der Waals surface area contributed by atoms with Gasteiger partial charge >= 0.3 is 0 Å². The molecule has 2 aliphatic rings. The van der Waals surface area contributed by atoms with Crippen molar-refractivity contribution in [1.29, 1.82) is 0 Å². The predicted octanol–water partition coefficient (Wildman–Crippen LogP) is 1.63. The van der Waals surface area contributed by atoms with E-state index in [0.717, 1.165) is 23.1 Å². The maximum Gasteiger partial charge on any atom is 0.297 e. The van der Waals surface area contributed by atoms with E-state index in [1.165, 1.54) is 24.3 Å². The third-order valence-electron chi connectivity index (χ3n) is 5.67. The van der Waals surface area contributed by atoms with E-state index in [2.05, 4.69) is 0 Å². The number of hydrogen-bond donors (Lipinski definition) is 1. The molecule has 0 spiro atoms. The minimum Gasteiger partial charge on any atom is -0.288 e. The van der Waals surface area contributed by atoms with E-state index < -0.39 is 51.8 Å². The minimum atomic E-state index is -4.41. The SMILES string of the molecule is O=C1NC(=O)c2cc(S(=O)(=O)OCCN3C(=O)c4cccc5cc([N+](=O)[O-])cc(c45)C3=O)ccc21. The second kappa shape index (κ2) is 7.78. The van der Waals surface area contributed by atoms with Crippen LogP contribution in [0.25, 0.3) is 10.8 Å². The Kier molecular flexibility index (Phi) is 4.96. The van der Waals surface area contributed by atoms with E-state index in [-0.39, 0.29) is 38.2 Å². The van der Waals surface area contributed by atoms with Crippen molar-refractivity contribution in [1.82, 2.24) is 10.2 Å². The van der Waals surface area contributed by atoms with Crippen molar-refractivity contribution in [3.05, 3.63) is 80.9 Å². The smallest absolute Gasteiger partial charge is 0.288 e. The molecule has 0 saturated carbocycles. The van der Waals surface area contributed by atoms with Crippen LogP contribution in [0.1, 0.15) is 41.4 Å². The lowest BCUT2D eigenvalue weighted by Gasteiger charge is -2.26. The summed E-state index contributed by atoms with van der Waals surface area (Å²) in [6.07, 6.45) is 0. The van der Waals surface area contributed by atoms with Crippen LogP contribution in [-0.2, 0) is 14.3 Å². The fraction of sp³-hybridized carbons (Fsp3) is 0.0909. The summed E-state index contributed by atoms with van der Waals surface area (Å²) >= 11 is 0. The number of nitrogens with one attached hydrogen (secondary N) is 1. The molecule has 2 heterocycles. The fourth-order valence-corrected chi connectivity index (χ4v) is 4.99. The number of carbonyl (C=O) groups is 4.